The zero-order valence-corrected chi connectivity index (χ0v) is 22.6. The van der Waals surface area contributed by atoms with Crippen molar-refractivity contribution in [3.63, 3.8) is 0 Å². The number of aromatic nitrogens is 5. The molecule has 0 saturated carbocycles. The lowest BCUT2D eigenvalue weighted by molar-refractivity contribution is 0.105. The lowest BCUT2D eigenvalue weighted by Crippen LogP contribution is -2.21. The van der Waals surface area contributed by atoms with Gasteiger partial charge in [0, 0.05) is 23.5 Å². The average molecular weight is 540 g/mol. The summed E-state index contributed by atoms with van der Waals surface area (Å²) in [5.74, 6) is 0. The van der Waals surface area contributed by atoms with E-state index in [4.69, 9.17) is 9.84 Å². The molecule has 0 amide bonds. The van der Waals surface area contributed by atoms with Crippen molar-refractivity contribution in [2.45, 2.75) is 38.9 Å². The van der Waals surface area contributed by atoms with Crippen LogP contribution in [0.5, 0.6) is 0 Å². The van der Waals surface area contributed by atoms with Gasteiger partial charge in [-0.1, -0.05) is 72.8 Å². The smallest absolute Gasteiger partial charge is 0.282 e. The number of nitrogens with one attached hydrogen (secondary N) is 1. The van der Waals surface area contributed by atoms with Crippen LogP contribution in [0.3, 0.4) is 0 Å². The summed E-state index contributed by atoms with van der Waals surface area (Å²) in [6.45, 7) is 0.669. The lowest BCUT2D eigenvalue weighted by Gasteiger charge is -2.15. The minimum atomic E-state index is -0.194. The van der Waals surface area contributed by atoms with Crippen LogP contribution in [0.4, 0.5) is 0 Å². The third-order valence-corrected chi connectivity index (χ3v) is 7.64. The van der Waals surface area contributed by atoms with Gasteiger partial charge in [-0.2, -0.15) is 9.61 Å². The molecule has 7 rings (SSSR count). The standard InChI is InChI=1S/C34H29N5O2/c40-34-30(26-16-17-27-28(20-26)36-19-18-35-27)29(22-41-21-23-10-4-1-5-11-23)37-33-31(24-12-6-2-7-13-24)32(38-39(33)34)25-14-8-3-9-15-25/h1,3-5,8-12,14-20,37H,2,6-7,13,21-22H2. The minimum absolute atomic E-state index is 0.194. The molecular weight excluding hydrogens is 510 g/mol. The molecule has 0 aliphatic heterocycles. The van der Waals surface area contributed by atoms with Crippen LogP contribution in [0.1, 0.15) is 42.5 Å². The minimum Gasteiger partial charge on any atom is -0.371 e. The van der Waals surface area contributed by atoms with Crippen LogP contribution in [0, 0.1) is 0 Å². The summed E-state index contributed by atoms with van der Waals surface area (Å²) < 4.78 is 7.73. The summed E-state index contributed by atoms with van der Waals surface area (Å²) in [5.41, 5.74) is 9.05. The van der Waals surface area contributed by atoms with E-state index in [-0.39, 0.29) is 12.2 Å². The van der Waals surface area contributed by atoms with Gasteiger partial charge < -0.3 is 9.72 Å². The van der Waals surface area contributed by atoms with Gasteiger partial charge in [0.2, 0.25) is 0 Å². The monoisotopic (exact) mass is 539 g/mol. The summed E-state index contributed by atoms with van der Waals surface area (Å²) >= 11 is 0. The first kappa shape index (κ1) is 25.1. The van der Waals surface area contributed by atoms with Crippen LogP contribution >= 0.6 is 0 Å². The highest BCUT2D eigenvalue weighted by Crippen LogP contribution is 2.36. The third-order valence-electron chi connectivity index (χ3n) is 7.64. The molecular formula is C34H29N5O2. The summed E-state index contributed by atoms with van der Waals surface area (Å²) in [7, 11) is 0. The van der Waals surface area contributed by atoms with E-state index in [1.165, 1.54) is 16.5 Å². The van der Waals surface area contributed by atoms with Crippen molar-refractivity contribution in [2.24, 2.45) is 0 Å². The molecule has 6 aromatic rings. The Morgan fingerprint density at radius 1 is 0.805 bits per heavy atom. The van der Waals surface area contributed by atoms with Gasteiger partial charge in [0.25, 0.3) is 5.56 Å². The molecule has 0 unspecified atom stereocenters. The number of benzene rings is 3. The number of nitrogens with zero attached hydrogens (tertiary/aromatic N) is 4. The maximum absolute atomic E-state index is 14.4. The first-order valence-electron chi connectivity index (χ1n) is 14.0. The van der Waals surface area contributed by atoms with E-state index < -0.39 is 0 Å². The second kappa shape index (κ2) is 10.9. The Kier molecular flexibility index (Phi) is 6.70. The molecule has 3 aromatic heterocycles. The maximum atomic E-state index is 14.4. The molecule has 0 atom stereocenters. The number of hydrogen-bond acceptors (Lipinski definition) is 5. The van der Waals surface area contributed by atoms with Gasteiger partial charge in [-0.15, -0.1) is 0 Å². The van der Waals surface area contributed by atoms with Crippen molar-refractivity contribution in [3.05, 3.63) is 125 Å². The molecule has 41 heavy (non-hydrogen) atoms. The van der Waals surface area contributed by atoms with Crippen molar-refractivity contribution in [1.82, 2.24) is 24.6 Å². The highest BCUT2D eigenvalue weighted by molar-refractivity contribution is 5.88. The number of aromatic amines is 1. The van der Waals surface area contributed by atoms with Crippen LogP contribution in [-0.2, 0) is 18.0 Å². The number of allylic oxidation sites excluding steroid dienone is 2. The van der Waals surface area contributed by atoms with Crippen molar-refractivity contribution < 1.29 is 4.74 Å². The maximum Gasteiger partial charge on any atom is 0.282 e. The molecule has 1 aliphatic carbocycles. The molecule has 3 aromatic carbocycles. The van der Waals surface area contributed by atoms with Crippen LogP contribution in [0.15, 0.2) is 102 Å². The van der Waals surface area contributed by atoms with Crippen molar-refractivity contribution >= 4 is 22.3 Å². The number of fused-ring (bicyclic) bond motifs is 2. The molecule has 0 saturated heterocycles. The molecule has 7 heteroatoms. The van der Waals surface area contributed by atoms with Gasteiger partial charge in [0.05, 0.1) is 35.5 Å². The second-order valence-corrected chi connectivity index (χ2v) is 10.3. The second-order valence-electron chi connectivity index (χ2n) is 10.3. The fourth-order valence-electron chi connectivity index (χ4n) is 5.66. The quantitative estimate of drug-likeness (QED) is 0.237. The van der Waals surface area contributed by atoms with E-state index in [0.29, 0.717) is 23.5 Å². The Labute approximate surface area is 237 Å². The highest BCUT2D eigenvalue weighted by Gasteiger charge is 2.24. The summed E-state index contributed by atoms with van der Waals surface area (Å²) in [5, 5.41) is 4.94. The molecule has 0 radical (unpaired) electrons. The zero-order valence-electron chi connectivity index (χ0n) is 22.6. The fourth-order valence-corrected chi connectivity index (χ4v) is 5.66. The number of hydrogen-bond donors (Lipinski definition) is 1. The summed E-state index contributed by atoms with van der Waals surface area (Å²) in [6.07, 6.45) is 9.89. The van der Waals surface area contributed by atoms with Gasteiger partial charge in [-0.05, 0) is 54.5 Å². The van der Waals surface area contributed by atoms with E-state index in [1.807, 2.05) is 78.9 Å². The number of rotatable bonds is 7. The highest BCUT2D eigenvalue weighted by atomic mass is 16.5. The Balaban J connectivity index is 1.44. The molecule has 7 nitrogen and oxygen atoms in total. The van der Waals surface area contributed by atoms with Crippen LogP contribution in [0.25, 0.3) is 44.6 Å². The van der Waals surface area contributed by atoms with Crippen molar-refractivity contribution in [3.8, 4) is 22.4 Å². The average Bonchev–Trinajstić information content (AvgIpc) is 3.42. The Morgan fingerprint density at radius 3 is 2.37 bits per heavy atom. The summed E-state index contributed by atoms with van der Waals surface area (Å²) in [6, 6.07) is 25.9. The number of ether oxygens (including phenoxy) is 1. The normalized spacial score (nSPS) is 13.5. The van der Waals surface area contributed by atoms with E-state index in [0.717, 1.165) is 58.2 Å². The molecule has 0 bridgehead atoms. The van der Waals surface area contributed by atoms with E-state index in [1.54, 1.807) is 12.4 Å². The molecule has 0 fully saturated rings. The van der Waals surface area contributed by atoms with E-state index in [2.05, 4.69) is 21.0 Å². The SMILES string of the molecule is O=c1c(-c2ccc3nccnc3c2)c(COCc2ccccc2)[nH]c2c(C3=CCCCC3)c(-c3ccccc3)nn12. The van der Waals surface area contributed by atoms with Gasteiger partial charge in [-0.3, -0.25) is 14.8 Å². The molecule has 1 N–H and O–H groups in total. The van der Waals surface area contributed by atoms with Crippen LogP contribution in [-0.4, -0.2) is 24.6 Å². The topological polar surface area (TPSA) is 85.2 Å². The van der Waals surface area contributed by atoms with Crippen molar-refractivity contribution in [1.29, 1.82) is 0 Å². The van der Waals surface area contributed by atoms with Crippen molar-refractivity contribution in [2.75, 3.05) is 0 Å². The largest absolute Gasteiger partial charge is 0.371 e. The molecule has 3 heterocycles. The molecule has 0 spiro atoms. The van der Waals surface area contributed by atoms with Gasteiger partial charge in [0.1, 0.15) is 11.3 Å². The lowest BCUT2D eigenvalue weighted by atomic mass is 9.92. The third kappa shape index (κ3) is 4.85. The fraction of sp³-hybridized carbons (Fsp3) is 0.176. The Hall–Kier alpha value is -4.88. The Morgan fingerprint density at radius 2 is 1.59 bits per heavy atom. The molecule has 202 valence electrons. The number of H-pyrrole nitrogens is 1. The van der Waals surface area contributed by atoms with Crippen LogP contribution < -0.4 is 5.56 Å². The first-order chi connectivity index (χ1) is 20.3. The van der Waals surface area contributed by atoms with Gasteiger partial charge in [0.15, 0.2) is 0 Å². The zero-order chi connectivity index (χ0) is 27.6. The van der Waals surface area contributed by atoms with E-state index >= 15 is 0 Å². The molecule has 1 aliphatic rings. The predicted molar refractivity (Wildman–Crippen MR) is 161 cm³/mol. The van der Waals surface area contributed by atoms with E-state index in [9.17, 15) is 4.79 Å². The Bertz CT molecular complexity index is 1940. The van der Waals surface area contributed by atoms with Gasteiger partial charge >= 0.3 is 0 Å². The summed E-state index contributed by atoms with van der Waals surface area (Å²) in [4.78, 5) is 26.9. The first-order valence-corrected chi connectivity index (χ1v) is 14.0. The van der Waals surface area contributed by atoms with Gasteiger partial charge in [-0.25, -0.2) is 0 Å². The predicted octanol–water partition coefficient (Wildman–Crippen LogP) is 6.97. The van der Waals surface area contributed by atoms with Crippen LogP contribution in [0.2, 0.25) is 0 Å².